The van der Waals surface area contributed by atoms with Gasteiger partial charge in [-0.3, -0.25) is 9.69 Å². The number of benzene rings is 1. The minimum atomic E-state index is -0.0971. The molecule has 1 saturated heterocycles. The van der Waals surface area contributed by atoms with Gasteiger partial charge < -0.3 is 14.1 Å². The first-order valence-corrected chi connectivity index (χ1v) is 8.27. The predicted molar refractivity (Wildman–Crippen MR) is 91.2 cm³/mol. The molecule has 0 atom stereocenters. The fraction of sp³-hybridized carbons (Fsp3) is 0.412. The van der Waals surface area contributed by atoms with Gasteiger partial charge in [0.15, 0.2) is 17.8 Å². The van der Waals surface area contributed by atoms with Gasteiger partial charge >= 0.3 is 0 Å². The van der Waals surface area contributed by atoms with Crippen LogP contribution in [0.3, 0.4) is 0 Å². The Labute approximate surface area is 146 Å². The van der Waals surface area contributed by atoms with Gasteiger partial charge in [0.25, 0.3) is 5.91 Å². The van der Waals surface area contributed by atoms with E-state index in [4.69, 9.17) is 20.8 Å². The van der Waals surface area contributed by atoms with Crippen molar-refractivity contribution in [3.8, 4) is 11.3 Å². The third-order valence-electron chi connectivity index (χ3n) is 4.15. The molecule has 1 aromatic heterocycles. The predicted octanol–water partition coefficient (Wildman–Crippen LogP) is 2.40. The molecule has 1 aromatic carbocycles. The van der Waals surface area contributed by atoms with Crippen molar-refractivity contribution in [3.05, 3.63) is 41.4 Å². The van der Waals surface area contributed by atoms with Crippen molar-refractivity contribution in [2.45, 2.75) is 0 Å². The van der Waals surface area contributed by atoms with Gasteiger partial charge in [0.1, 0.15) is 0 Å². The summed E-state index contributed by atoms with van der Waals surface area (Å²) in [4.78, 5) is 21.0. The molecule has 7 heteroatoms. The Bertz CT molecular complexity index is 679. The van der Waals surface area contributed by atoms with E-state index in [1.165, 1.54) is 6.39 Å². The number of hydrogen-bond acceptors (Lipinski definition) is 5. The number of rotatable bonds is 5. The summed E-state index contributed by atoms with van der Waals surface area (Å²) in [6.07, 6.45) is 1.31. The smallest absolute Gasteiger partial charge is 0.276 e. The third kappa shape index (κ3) is 3.77. The molecule has 0 radical (unpaired) electrons. The van der Waals surface area contributed by atoms with Crippen LogP contribution in [0.2, 0.25) is 5.02 Å². The van der Waals surface area contributed by atoms with Crippen LogP contribution in [0.25, 0.3) is 11.3 Å². The summed E-state index contributed by atoms with van der Waals surface area (Å²) in [6, 6.07) is 7.18. The highest BCUT2D eigenvalue weighted by atomic mass is 35.5. The van der Waals surface area contributed by atoms with Crippen LogP contribution in [-0.2, 0) is 4.74 Å². The number of halogens is 1. The highest BCUT2D eigenvalue weighted by Gasteiger charge is 2.26. The number of nitrogens with zero attached hydrogens (tertiary/aromatic N) is 3. The van der Waals surface area contributed by atoms with E-state index in [2.05, 4.69) is 9.88 Å². The number of ether oxygens (including phenoxy) is 1. The van der Waals surface area contributed by atoms with Crippen LogP contribution < -0.4 is 0 Å². The fourth-order valence-electron chi connectivity index (χ4n) is 2.75. The van der Waals surface area contributed by atoms with Crippen LogP contribution in [0.1, 0.15) is 10.5 Å². The summed E-state index contributed by atoms with van der Waals surface area (Å²) in [5.41, 5.74) is 1.14. The summed E-state index contributed by atoms with van der Waals surface area (Å²) in [6.45, 7) is 4.62. The lowest BCUT2D eigenvalue weighted by Gasteiger charge is -2.34. The normalized spacial score (nSPS) is 15.7. The van der Waals surface area contributed by atoms with Crippen molar-refractivity contribution >= 4 is 17.5 Å². The van der Waals surface area contributed by atoms with Crippen LogP contribution in [0, 0.1) is 0 Å². The van der Waals surface area contributed by atoms with Crippen molar-refractivity contribution < 1.29 is 13.9 Å². The molecule has 1 fully saturated rings. The number of methoxy groups -OCH3 is 1. The molecule has 2 heterocycles. The van der Waals surface area contributed by atoms with Gasteiger partial charge in [-0.05, 0) is 24.3 Å². The summed E-state index contributed by atoms with van der Waals surface area (Å²) < 4.78 is 10.5. The van der Waals surface area contributed by atoms with Gasteiger partial charge in [0, 0.05) is 50.4 Å². The molecule has 6 nitrogen and oxygen atoms in total. The quantitative estimate of drug-likeness (QED) is 0.829. The summed E-state index contributed by atoms with van der Waals surface area (Å²) in [5.74, 6) is 0.388. The highest BCUT2D eigenvalue weighted by molar-refractivity contribution is 6.30. The summed E-state index contributed by atoms with van der Waals surface area (Å²) >= 11 is 5.91. The topological polar surface area (TPSA) is 58.8 Å². The molecular formula is C17H20ClN3O3. The maximum absolute atomic E-state index is 12.8. The lowest BCUT2D eigenvalue weighted by Crippen LogP contribution is -2.49. The zero-order valence-corrected chi connectivity index (χ0v) is 14.3. The molecular weight excluding hydrogens is 330 g/mol. The maximum atomic E-state index is 12.8. The first kappa shape index (κ1) is 17.0. The van der Waals surface area contributed by atoms with Crippen molar-refractivity contribution in [3.63, 3.8) is 0 Å². The molecule has 24 heavy (non-hydrogen) atoms. The molecule has 0 saturated carbocycles. The van der Waals surface area contributed by atoms with Crippen LogP contribution in [-0.4, -0.2) is 67.1 Å². The summed E-state index contributed by atoms with van der Waals surface area (Å²) in [7, 11) is 1.70. The molecule has 1 amide bonds. The Morgan fingerprint density at radius 2 is 1.96 bits per heavy atom. The molecule has 0 unspecified atom stereocenters. The van der Waals surface area contributed by atoms with E-state index in [0.717, 1.165) is 25.2 Å². The van der Waals surface area contributed by atoms with E-state index in [-0.39, 0.29) is 5.91 Å². The van der Waals surface area contributed by atoms with Gasteiger partial charge in [0.05, 0.1) is 6.61 Å². The fourth-order valence-corrected chi connectivity index (χ4v) is 2.88. The van der Waals surface area contributed by atoms with Crippen LogP contribution in [0.4, 0.5) is 0 Å². The molecule has 1 aliphatic heterocycles. The zero-order valence-electron chi connectivity index (χ0n) is 13.6. The van der Waals surface area contributed by atoms with Gasteiger partial charge in [0.2, 0.25) is 0 Å². The Kier molecular flexibility index (Phi) is 5.50. The molecule has 2 aromatic rings. The van der Waals surface area contributed by atoms with Gasteiger partial charge in [-0.2, -0.15) is 0 Å². The van der Waals surface area contributed by atoms with Gasteiger partial charge in [-0.15, -0.1) is 0 Å². The second-order valence-corrected chi connectivity index (χ2v) is 6.10. The number of amides is 1. The third-order valence-corrected chi connectivity index (χ3v) is 4.40. The molecule has 0 N–H and O–H groups in total. The van der Waals surface area contributed by atoms with E-state index in [1.54, 1.807) is 19.2 Å². The van der Waals surface area contributed by atoms with E-state index < -0.39 is 0 Å². The second-order valence-electron chi connectivity index (χ2n) is 5.66. The number of oxazole rings is 1. The van der Waals surface area contributed by atoms with Crippen LogP contribution >= 0.6 is 11.6 Å². The van der Waals surface area contributed by atoms with Crippen molar-refractivity contribution in [2.24, 2.45) is 0 Å². The van der Waals surface area contributed by atoms with Gasteiger partial charge in [-0.1, -0.05) is 11.6 Å². The Hall–Kier alpha value is -1.89. The van der Waals surface area contributed by atoms with E-state index >= 15 is 0 Å². The van der Waals surface area contributed by atoms with E-state index in [9.17, 15) is 4.79 Å². The average molecular weight is 350 g/mol. The second kappa shape index (κ2) is 7.79. The minimum Gasteiger partial charge on any atom is -0.443 e. The van der Waals surface area contributed by atoms with E-state index in [0.29, 0.717) is 36.2 Å². The standard InChI is InChI=1S/C17H20ClN3O3/c1-23-11-10-20-6-8-21(9-7-20)17(22)15-16(24-12-19-15)13-2-4-14(18)5-3-13/h2-5,12H,6-11H2,1H3. The molecule has 0 spiro atoms. The van der Waals surface area contributed by atoms with Crippen molar-refractivity contribution in [1.82, 2.24) is 14.8 Å². The van der Waals surface area contributed by atoms with Crippen molar-refractivity contribution in [2.75, 3.05) is 46.4 Å². The minimum absolute atomic E-state index is 0.0971. The molecule has 1 aliphatic rings. The lowest BCUT2D eigenvalue weighted by molar-refractivity contribution is 0.0590. The lowest BCUT2D eigenvalue weighted by atomic mass is 10.1. The summed E-state index contributed by atoms with van der Waals surface area (Å²) in [5, 5.41) is 0.637. The Morgan fingerprint density at radius 3 is 2.62 bits per heavy atom. The Morgan fingerprint density at radius 1 is 1.25 bits per heavy atom. The highest BCUT2D eigenvalue weighted by Crippen LogP contribution is 2.25. The van der Waals surface area contributed by atoms with Crippen LogP contribution in [0.15, 0.2) is 35.1 Å². The largest absolute Gasteiger partial charge is 0.443 e. The number of aromatic nitrogens is 1. The number of carbonyl (C=O) groups excluding carboxylic acids is 1. The molecule has 0 aliphatic carbocycles. The Balaban J connectivity index is 1.69. The van der Waals surface area contributed by atoms with Crippen molar-refractivity contribution in [1.29, 1.82) is 0 Å². The van der Waals surface area contributed by atoms with E-state index in [1.807, 2.05) is 17.0 Å². The molecule has 3 rings (SSSR count). The number of piperazine rings is 1. The zero-order chi connectivity index (χ0) is 16.9. The van der Waals surface area contributed by atoms with Gasteiger partial charge in [-0.25, -0.2) is 4.98 Å². The monoisotopic (exact) mass is 349 g/mol. The van der Waals surface area contributed by atoms with Crippen LogP contribution in [0.5, 0.6) is 0 Å². The SMILES string of the molecule is COCCN1CCN(C(=O)c2ncoc2-c2ccc(Cl)cc2)CC1. The molecule has 128 valence electrons. The first-order valence-electron chi connectivity index (χ1n) is 7.89. The maximum Gasteiger partial charge on any atom is 0.276 e. The molecule has 0 bridgehead atoms. The first-order chi connectivity index (χ1) is 11.7. The number of carbonyl (C=O) groups is 1. The average Bonchev–Trinajstić information content (AvgIpc) is 3.10. The number of hydrogen-bond donors (Lipinski definition) is 0.